The normalized spacial score (nSPS) is 11.0. The molecule has 1 amide bonds. The fourth-order valence-electron chi connectivity index (χ4n) is 1.96. The van der Waals surface area contributed by atoms with Crippen LogP contribution in [-0.4, -0.2) is 32.6 Å². The van der Waals surface area contributed by atoms with Gasteiger partial charge in [0.15, 0.2) is 0 Å². The van der Waals surface area contributed by atoms with Crippen molar-refractivity contribution in [2.24, 2.45) is 4.99 Å². The number of nitrogens with zero attached hydrogens (tertiary/aromatic N) is 1. The third-order valence-corrected chi connectivity index (χ3v) is 3.14. The largest absolute Gasteiger partial charge is 0.497 e. The molecule has 0 heterocycles. The number of carbonyl (C=O) groups excluding carboxylic acids is 1. The molecule has 0 radical (unpaired) electrons. The van der Waals surface area contributed by atoms with E-state index in [1.807, 2.05) is 25.1 Å². The second-order valence-electron chi connectivity index (χ2n) is 4.62. The van der Waals surface area contributed by atoms with Gasteiger partial charge in [-0.25, -0.2) is 0 Å². The molecule has 0 saturated heterocycles. The van der Waals surface area contributed by atoms with Gasteiger partial charge in [0, 0.05) is 11.1 Å². The molecule has 5 heteroatoms. The van der Waals surface area contributed by atoms with Gasteiger partial charge in [-0.3, -0.25) is 4.79 Å². The van der Waals surface area contributed by atoms with Crippen molar-refractivity contribution in [1.82, 2.24) is 0 Å². The first-order valence-corrected chi connectivity index (χ1v) is 7.22. The maximum absolute atomic E-state index is 12.3. The summed E-state index contributed by atoms with van der Waals surface area (Å²) in [6, 6.07) is 14.0. The molecule has 0 aromatic heterocycles. The maximum atomic E-state index is 12.3. The van der Waals surface area contributed by atoms with E-state index in [2.05, 4.69) is 4.99 Å². The molecule has 2 rings (SSSR count). The molecule has 0 spiro atoms. The molecule has 5 nitrogen and oxygen atoms in total. The van der Waals surface area contributed by atoms with Crippen LogP contribution in [0, 0.1) is 0 Å². The zero-order chi connectivity index (χ0) is 16.7. The number of ether oxygens (including phenoxy) is 3. The molecule has 0 atom stereocenters. The maximum Gasteiger partial charge on any atom is 0.280 e. The fourth-order valence-corrected chi connectivity index (χ4v) is 1.96. The summed E-state index contributed by atoms with van der Waals surface area (Å²) in [5.74, 6) is 1.25. The Morgan fingerprint density at radius 1 is 0.957 bits per heavy atom. The highest BCUT2D eigenvalue weighted by atomic mass is 16.5. The Morgan fingerprint density at radius 2 is 1.65 bits per heavy atom. The molecular formula is C18H19NO4. The van der Waals surface area contributed by atoms with Crippen molar-refractivity contribution in [1.29, 1.82) is 0 Å². The SMILES string of the molecule is CCOC(=NC(=O)c1ccc(OC)cc1)c1cccc(OC)c1. The minimum absolute atomic E-state index is 0.271. The van der Waals surface area contributed by atoms with Gasteiger partial charge in [0.25, 0.3) is 5.91 Å². The van der Waals surface area contributed by atoms with Crippen LogP contribution in [0.3, 0.4) is 0 Å². The summed E-state index contributed by atoms with van der Waals surface area (Å²) in [6.07, 6.45) is 0. The summed E-state index contributed by atoms with van der Waals surface area (Å²) in [6.45, 7) is 2.25. The molecule has 0 fully saturated rings. The molecule has 0 N–H and O–H groups in total. The lowest BCUT2D eigenvalue weighted by atomic mass is 10.2. The van der Waals surface area contributed by atoms with Crippen LogP contribution < -0.4 is 9.47 Å². The van der Waals surface area contributed by atoms with E-state index >= 15 is 0 Å². The molecular weight excluding hydrogens is 294 g/mol. The van der Waals surface area contributed by atoms with Crippen molar-refractivity contribution in [3.05, 3.63) is 59.7 Å². The number of carbonyl (C=O) groups is 1. The van der Waals surface area contributed by atoms with Gasteiger partial charge in [-0.2, -0.15) is 4.99 Å². The second kappa shape index (κ2) is 7.98. The third kappa shape index (κ3) is 4.32. The average molecular weight is 313 g/mol. The summed E-state index contributed by atoms with van der Waals surface area (Å²) in [5, 5.41) is 0. The number of benzene rings is 2. The lowest BCUT2D eigenvalue weighted by Crippen LogP contribution is -2.10. The van der Waals surface area contributed by atoms with Crippen molar-refractivity contribution >= 4 is 11.8 Å². The lowest BCUT2D eigenvalue weighted by Gasteiger charge is -2.09. The van der Waals surface area contributed by atoms with E-state index in [-0.39, 0.29) is 11.8 Å². The third-order valence-electron chi connectivity index (χ3n) is 3.14. The predicted octanol–water partition coefficient (Wildman–Crippen LogP) is 3.33. The quantitative estimate of drug-likeness (QED) is 0.627. The Hall–Kier alpha value is -2.82. The van der Waals surface area contributed by atoms with E-state index in [9.17, 15) is 4.79 Å². The molecule has 23 heavy (non-hydrogen) atoms. The summed E-state index contributed by atoms with van der Waals surface area (Å²) in [7, 11) is 3.16. The Morgan fingerprint density at radius 3 is 2.26 bits per heavy atom. The molecule has 0 saturated carbocycles. The zero-order valence-electron chi connectivity index (χ0n) is 13.4. The molecule has 0 unspecified atom stereocenters. The van der Waals surface area contributed by atoms with Crippen LogP contribution in [0.5, 0.6) is 11.5 Å². The first kappa shape index (κ1) is 16.5. The highest BCUT2D eigenvalue weighted by Crippen LogP contribution is 2.16. The van der Waals surface area contributed by atoms with Crippen LogP contribution in [0.15, 0.2) is 53.5 Å². The van der Waals surface area contributed by atoms with Crippen LogP contribution in [0.2, 0.25) is 0 Å². The summed E-state index contributed by atoms with van der Waals surface area (Å²) >= 11 is 0. The number of amides is 1. The highest BCUT2D eigenvalue weighted by Gasteiger charge is 2.11. The van der Waals surface area contributed by atoms with Crippen LogP contribution in [0.4, 0.5) is 0 Å². The molecule has 2 aromatic rings. The molecule has 0 aliphatic carbocycles. The molecule has 0 bridgehead atoms. The summed E-state index contributed by atoms with van der Waals surface area (Å²) in [4.78, 5) is 16.4. The fraction of sp³-hybridized carbons (Fsp3) is 0.222. The minimum atomic E-state index is -0.376. The zero-order valence-corrected chi connectivity index (χ0v) is 13.4. The molecule has 2 aromatic carbocycles. The van der Waals surface area contributed by atoms with E-state index in [1.165, 1.54) is 0 Å². The smallest absolute Gasteiger partial charge is 0.280 e. The van der Waals surface area contributed by atoms with Gasteiger partial charge in [0.05, 0.1) is 20.8 Å². The van der Waals surface area contributed by atoms with Gasteiger partial charge in [-0.15, -0.1) is 0 Å². The van der Waals surface area contributed by atoms with Gasteiger partial charge in [0.2, 0.25) is 5.90 Å². The minimum Gasteiger partial charge on any atom is -0.497 e. The summed E-state index contributed by atoms with van der Waals surface area (Å²) < 4.78 is 15.8. The van der Waals surface area contributed by atoms with Crippen LogP contribution in [0.1, 0.15) is 22.8 Å². The standard InChI is InChI=1S/C18H19NO4/c1-4-23-18(14-6-5-7-16(12-14)22-3)19-17(20)13-8-10-15(21-2)11-9-13/h5-12H,4H2,1-3H3. The van der Waals surface area contributed by atoms with Crippen molar-refractivity contribution < 1.29 is 19.0 Å². The van der Waals surface area contributed by atoms with Crippen LogP contribution in [0.25, 0.3) is 0 Å². The van der Waals surface area contributed by atoms with E-state index in [0.717, 1.165) is 0 Å². The van der Waals surface area contributed by atoms with Crippen LogP contribution in [-0.2, 0) is 4.74 Å². The van der Waals surface area contributed by atoms with Crippen molar-refractivity contribution in [2.75, 3.05) is 20.8 Å². The molecule has 120 valence electrons. The average Bonchev–Trinajstić information content (AvgIpc) is 2.61. The van der Waals surface area contributed by atoms with Gasteiger partial charge in [0.1, 0.15) is 11.5 Å². The molecule has 0 aliphatic rings. The van der Waals surface area contributed by atoms with E-state index < -0.39 is 0 Å². The Labute approximate surface area is 135 Å². The van der Waals surface area contributed by atoms with Gasteiger partial charge < -0.3 is 14.2 Å². The van der Waals surface area contributed by atoms with Crippen molar-refractivity contribution in [3.8, 4) is 11.5 Å². The first-order chi connectivity index (χ1) is 11.2. The van der Waals surface area contributed by atoms with E-state index in [4.69, 9.17) is 14.2 Å². The second-order valence-corrected chi connectivity index (χ2v) is 4.62. The van der Waals surface area contributed by atoms with Gasteiger partial charge in [-0.1, -0.05) is 6.07 Å². The van der Waals surface area contributed by atoms with E-state index in [0.29, 0.717) is 29.2 Å². The summed E-state index contributed by atoms with van der Waals surface area (Å²) in [5.41, 5.74) is 1.15. The Kier molecular flexibility index (Phi) is 5.74. The number of aliphatic imine (C=N–C) groups is 1. The number of rotatable bonds is 5. The van der Waals surface area contributed by atoms with Crippen LogP contribution >= 0.6 is 0 Å². The predicted molar refractivity (Wildman–Crippen MR) is 88.5 cm³/mol. The number of hydrogen-bond donors (Lipinski definition) is 0. The highest BCUT2D eigenvalue weighted by molar-refractivity contribution is 6.07. The first-order valence-electron chi connectivity index (χ1n) is 7.22. The van der Waals surface area contributed by atoms with Crippen molar-refractivity contribution in [3.63, 3.8) is 0 Å². The molecule has 0 aliphatic heterocycles. The van der Waals surface area contributed by atoms with E-state index in [1.54, 1.807) is 44.6 Å². The monoisotopic (exact) mass is 313 g/mol. The lowest BCUT2D eigenvalue weighted by molar-refractivity contribution is 0.0999. The van der Waals surface area contributed by atoms with Gasteiger partial charge >= 0.3 is 0 Å². The Bertz CT molecular complexity index is 692. The number of hydrogen-bond acceptors (Lipinski definition) is 4. The van der Waals surface area contributed by atoms with Gasteiger partial charge in [-0.05, 0) is 49.4 Å². The number of methoxy groups -OCH3 is 2. The van der Waals surface area contributed by atoms with Crippen molar-refractivity contribution in [2.45, 2.75) is 6.92 Å². The Balaban J connectivity index is 2.30. The topological polar surface area (TPSA) is 57.1 Å².